The quantitative estimate of drug-likeness (QED) is 0.516. The van der Waals surface area contributed by atoms with Gasteiger partial charge in [0.05, 0.1) is 5.41 Å². The third-order valence-electron chi connectivity index (χ3n) is 3.52. The molecule has 0 aromatic heterocycles. The number of fused-ring (bicyclic) bond motifs is 2. The number of ketones is 1. The third kappa shape index (κ3) is 0.382. The Balaban J connectivity index is 1.99. The first kappa shape index (κ1) is 5.30. The smallest absolute Gasteiger partial charge is 0.142 e. The van der Waals surface area contributed by atoms with E-state index in [-0.39, 0.29) is 5.41 Å². The van der Waals surface area contributed by atoms with Gasteiger partial charge in [-0.2, -0.15) is 0 Å². The molecule has 0 bridgehead atoms. The van der Waals surface area contributed by atoms with Gasteiger partial charge in [-0.25, -0.2) is 0 Å². The van der Waals surface area contributed by atoms with Crippen molar-refractivity contribution in [3.8, 4) is 0 Å². The van der Waals surface area contributed by atoms with E-state index >= 15 is 0 Å². The Labute approximate surface area is 60.0 Å². The van der Waals surface area contributed by atoms with Crippen LogP contribution in [-0.2, 0) is 4.79 Å². The lowest BCUT2D eigenvalue weighted by Gasteiger charge is -2.39. The van der Waals surface area contributed by atoms with E-state index in [0.717, 1.165) is 31.3 Å². The van der Waals surface area contributed by atoms with Gasteiger partial charge in [0.25, 0.3) is 0 Å². The minimum absolute atomic E-state index is 0.157. The standard InChI is InChI=1S/C8H11NO/c10-7-2-5-1-6(5)8(7)3-9-4-8/h5-6,9H,1-4H2. The zero-order valence-corrected chi connectivity index (χ0v) is 5.89. The topological polar surface area (TPSA) is 29.1 Å². The summed E-state index contributed by atoms with van der Waals surface area (Å²) in [6.07, 6.45) is 2.24. The molecule has 2 atom stereocenters. The Morgan fingerprint density at radius 3 is 2.60 bits per heavy atom. The van der Waals surface area contributed by atoms with Gasteiger partial charge in [0.2, 0.25) is 0 Å². The first-order valence-electron chi connectivity index (χ1n) is 4.07. The highest BCUT2D eigenvalue weighted by Crippen LogP contribution is 2.61. The van der Waals surface area contributed by atoms with Crippen molar-refractivity contribution in [3.63, 3.8) is 0 Å². The molecule has 2 aliphatic carbocycles. The highest BCUT2D eigenvalue weighted by molar-refractivity contribution is 5.90. The second-order valence-electron chi connectivity index (χ2n) is 3.99. The molecule has 1 heterocycles. The fourth-order valence-electron chi connectivity index (χ4n) is 2.65. The number of carbonyl (C=O) groups excluding carboxylic acids is 1. The molecule has 2 nitrogen and oxygen atoms in total. The van der Waals surface area contributed by atoms with Crippen LogP contribution < -0.4 is 5.32 Å². The van der Waals surface area contributed by atoms with Gasteiger partial charge in [-0.3, -0.25) is 4.79 Å². The van der Waals surface area contributed by atoms with E-state index in [2.05, 4.69) is 5.32 Å². The molecule has 10 heavy (non-hydrogen) atoms. The molecule has 1 saturated heterocycles. The van der Waals surface area contributed by atoms with Crippen molar-refractivity contribution in [3.05, 3.63) is 0 Å². The predicted molar refractivity (Wildman–Crippen MR) is 36.5 cm³/mol. The Bertz CT molecular complexity index is 207. The molecule has 2 saturated carbocycles. The predicted octanol–water partition coefficient (Wildman–Crippen LogP) is 0.185. The van der Waals surface area contributed by atoms with E-state index < -0.39 is 0 Å². The van der Waals surface area contributed by atoms with Crippen molar-refractivity contribution in [1.82, 2.24) is 5.32 Å². The molecule has 0 amide bonds. The first-order chi connectivity index (χ1) is 4.83. The van der Waals surface area contributed by atoms with Crippen LogP contribution in [0, 0.1) is 17.3 Å². The van der Waals surface area contributed by atoms with Gasteiger partial charge in [-0.05, 0) is 18.3 Å². The van der Waals surface area contributed by atoms with Crippen LogP contribution in [0.1, 0.15) is 12.8 Å². The van der Waals surface area contributed by atoms with Crippen LogP contribution in [0.4, 0.5) is 0 Å². The largest absolute Gasteiger partial charge is 0.315 e. The Morgan fingerprint density at radius 1 is 1.50 bits per heavy atom. The van der Waals surface area contributed by atoms with Gasteiger partial charge in [-0.1, -0.05) is 0 Å². The monoisotopic (exact) mass is 137 g/mol. The average molecular weight is 137 g/mol. The average Bonchev–Trinajstić information content (AvgIpc) is 2.40. The molecule has 0 radical (unpaired) electrons. The molecule has 0 aromatic carbocycles. The molecule has 1 aliphatic heterocycles. The van der Waals surface area contributed by atoms with Crippen LogP contribution in [0.25, 0.3) is 0 Å². The summed E-state index contributed by atoms with van der Waals surface area (Å²) in [5, 5.41) is 3.21. The number of rotatable bonds is 0. The summed E-state index contributed by atoms with van der Waals surface area (Å²) >= 11 is 0. The van der Waals surface area contributed by atoms with Crippen LogP contribution in [0.3, 0.4) is 0 Å². The Kier molecular flexibility index (Phi) is 0.691. The minimum atomic E-state index is 0.157. The van der Waals surface area contributed by atoms with Gasteiger partial charge in [0.15, 0.2) is 0 Å². The highest BCUT2D eigenvalue weighted by atomic mass is 16.1. The highest BCUT2D eigenvalue weighted by Gasteiger charge is 2.65. The SMILES string of the molecule is O=C1CC2CC2C12CNC2. The number of hydrogen-bond donors (Lipinski definition) is 1. The number of carbonyl (C=O) groups is 1. The molecule has 0 aromatic rings. The van der Waals surface area contributed by atoms with Crippen molar-refractivity contribution in [2.75, 3.05) is 13.1 Å². The van der Waals surface area contributed by atoms with Crippen LogP contribution >= 0.6 is 0 Å². The van der Waals surface area contributed by atoms with Crippen LogP contribution in [0.15, 0.2) is 0 Å². The fraction of sp³-hybridized carbons (Fsp3) is 0.875. The normalized spacial score (nSPS) is 47.0. The molecule has 54 valence electrons. The second-order valence-corrected chi connectivity index (χ2v) is 3.99. The summed E-state index contributed by atoms with van der Waals surface area (Å²) in [6, 6.07) is 0. The molecule has 2 heteroatoms. The summed E-state index contributed by atoms with van der Waals surface area (Å²) in [7, 11) is 0. The summed E-state index contributed by atoms with van der Waals surface area (Å²) in [5.74, 6) is 2.14. The molecule has 2 unspecified atom stereocenters. The minimum Gasteiger partial charge on any atom is -0.315 e. The maximum absolute atomic E-state index is 11.4. The van der Waals surface area contributed by atoms with E-state index in [9.17, 15) is 4.79 Å². The van der Waals surface area contributed by atoms with Crippen molar-refractivity contribution in [2.24, 2.45) is 17.3 Å². The van der Waals surface area contributed by atoms with Crippen molar-refractivity contribution in [1.29, 1.82) is 0 Å². The summed E-state index contributed by atoms with van der Waals surface area (Å²) < 4.78 is 0. The van der Waals surface area contributed by atoms with Gasteiger partial charge in [0.1, 0.15) is 5.78 Å². The molecule has 1 spiro atoms. The van der Waals surface area contributed by atoms with E-state index in [1.54, 1.807) is 0 Å². The van der Waals surface area contributed by atoms with Crippen LogP contribution in [0.5, 0.6) is 0 Å². The first-order valence-corrected chi connectivity index (χ1v) is 4.07. The lowest BCUT2D eigenvalue weighted by Crippen LogP contribution is -2.57. The Morgan fingerprint density at radius 2 is 2.30 bits per heavy atom. The van der Waals surface area contributed by atoms with Crippen molar-refractivity contribution < 1.29 is 4.79 Å². The van der Waals surface area contributed by atoms with E-state index in [0.29, 0.717) is 5.78 Å². The second kappa shape index (κ2) is 1.30. The van der Waals surface area contributed by atoms with Gasteiger partial charge in [0, 0.05) is 19.5 Å². The molecular formula is C8H11NO. The number of Topliss-reactive ketones (excluding diaryl/α,β-unsaturated/α-hetero) is 1. The zero-order chi connectivity index (χ0) is 6.77. The summed E-state index contributed by atoms with van der Waals surface area (Å²) in [6.45, 7) is 1.96. The van der Waals surface area contributed by atoms with Crippen LogP contribution in [-0.4, -0.2) is 18.9 Å². The van der Waals surface area contributed by atoms with E-state index in [4.69, 9.17) is 0 Å². The van der Waals surface area contributed by atoms with Crippen molar-refractivity contribution in [2.45, 2.75) is 12.8 Å². The lowest BCUT2D eigenvalue weighted by atomic mass is 9.76. The lowest BCUT2D eigenvalue weighted by molar-refractivity contribution is -0.130. The summed E-state index contributed by atoms with van der Waals surface area (Å²) in [5.41, 5.74) is 0.157. The Hall–Kier alpha value is -0.370. The van der Waals surface area contributed by atoms with E-state index in [1.165, 1.54) is 6.42 Å². The zero-order valence-electron chi connectivity index (χ0n) is 5.89. The number of hydrogen-bond acceptors (Lipinski definition) is 2. The van der Waals surface area contributed by atoms with Crippen LogP contribution in [0.2, 0.25) is 0 Å². The number of nitrogens with one attached hydrogen (secondary N) is 1. The molecule has 3 aliphatic rings. The maximum atomic E-state index is 11.4. The van der Waals surface area contributed by atoms with Gasteiger partial charge < -0.3 is 5.32 Å². The van der Waals surface area contributed by atoms with E-state index in [1.807, 2.05) is 0 Å². The molecule has 3 fully saturated rings. The molecule has 1 N–H and O–H groups in total. The fourth-order valence-corrected chi connectivity index (χ4v) is 2.65. The molecule has 3 rings (SSSR count). The summed E-state index contributed by atoms with van der Waals surface area (Å²) in [4.78, 5) is 11.4. The third-order valence-corrected chi connectivity index (χ3v) is 3.52. The van der Waals surface area contributed by atoms with Crippen molar-refractivity contribution >= 4 is 5.78 Å². The van der Waals surface area contributed by atoms with Gasteiger partial charge in [-0.15, -0.1) is 0 Å². The maximum Gasteiger partial charge on any atom is 0.142 e. The van der Waals surface area contributed by atoms with Gasteiger partial charge >= 0.3 is 0 Å². The molecular weight excluding hydrogens is 126 g/mol.